The van der Waals surface area contributed by atoms with Crippen LogP contribution in [0.25, 0.3) is 0 Å². The molecule has 2 N–H and O–H groups in total. The quantitative estimate of drug-likeness (QED) is 0.372. The molecule has 0 aromatic heterocycles. The third kappa shape index (κ3) is 7.59. The average Bonchev–Trinajstić information content (AvgIpc) is 1.89. The second-order valence-electron chi connectivity index (χ2n) is 1.83. The number of hydrogen-bond donors (Lipinski definition) is 2. The van der Waals surface area contributed by atoms with Gasteiger partial charge in [0.1, 0.15) is 6.29 Å². The van der Waals surface area contributed by atoms with Gasteiger partial charge in [0.2, 0.25) is 0 Å². The predicted octanol–water partition coefficient (Wildman–Crippen LogP) is -0.616. The molecule has 0 saturated carbocycles. The van der Waals surface area contributed by atoms with Gasteiger partial charge in [-0.3, -0.25) is 0 Å². The van der Waals surface area contributed by atoms with E-state index in [9.17, 15) is 4.79 Å². The Kier molecular flexibility index (Phi) is 7.24. The first kappa shape index (κ1) is 8.59. The average molecular weight is 130 g/mol. The van der Waals surface area contributed by atoms with Gasteiger partial charge in [-0.25, -0.2) is 0 Å². The van der Waals surface area contributed by atoms with E-state index in [0.717, 1.165) is 25.8 Å². The van der Waals surface area contributed by atoms with Gasteiger partial charge >= 0.3 is 0 Å². The molecular formula is C6H14N2O. The summed E-state index contributed by atoms with van der Waals surface area (Å²) in [6.07, 6.45) is 1.95. The molecule has 0 atom stereocenters. The maximum absolute atomic E-state index is 9.76. The van der Waals surface area contributed by atoms with Crippen molar-refractivity contribution in [3.63, 3.8) is 0 Å². The third-order valence-electron chi connectivity index (χ3n) is 1.01. The van der Waals surface area contributed by atoms with Crippen molar-refractivity contribution in [2.45, 2.75) is 6.42 Å². The van der Waals surface area contributed by atoms with Crippen LogP contribution in [0.1, 0.15) is 6.42 Å². The van der Waals surface area contributed by atoms with Crippen molar-refractivity contribution in [2.75, 3.05) is 26.7 Å². The first-order valence-corrected chi connectivity index (χ1v) is 3.20. The molecule has 0 aliphatic carbocycles. The highest BCUT2D eigenvalue weighted by Gasteiger charge is 1.82. The molecule has 0 heterocycles. The zero-order valence-electron chi connectivity index (χ0n) is 5.81. The van der Waals surface area contributed by atoms with E-state index in [2.05, 4.69) is 10.6 Å². The van der Waals surface area contributed by atoms with E-state index >= 15 is 0 Å². The molecule has 0 bridgehead atoms. The Hall–Kier alpha value is -0.410. The lowest BCUT2D eigenvalue weighted by Gasteiger charge is -1.98. The van der Waals surface area contributed by atoms with Crippen molar-refractivity contribution in [3.8, 4) is 0 Å². The largest absolute Gasteiger partial charge is 0.320 e. The molecule has 3 nitrogen and oxygen atoms in total. The predicted molar refractivity (Wildman–Crippen MR) is 37.5 cm³/mol. The van der Waals surface area contributed by atoms with Gasteiger partial charge in [-0.2, -0.15) is 0 Å². The second kappa shape index (κ2) is 7.59. The Morgan fingerprint density at radius 3 is 2.78 bits per heavy atom. The summed E-state index contributed by atoms with van der Waals surface area (Å²) >= 11 is 0. The Morgan fingerprint density at radius 2 is 2.22 bits per heavy atom. The van der Waals surface area contributed by atoms with E-state index in [1.165, 1.54) is 0 Å². The topological polar surface area (TPSA) is 41.1 Å². The molecule has 0 fully saturated rings. The van der Waals surface area contributed by atoms with Crippen molar-refractivity contribution in [3.05, 3.63) is 0 Å². The highest BCUT2D eigenvalue weighted by molar-refractivity contribution is 5.51. The molecule has 0 aromatic rings. The van der Waals surface area contributed by atoms with Gasteiger partial charge in [-0.15, -0.1) is 0 Å². The molecule has 0 aliphatic heterocycles. The van der Waals surface area contributed by atoms with Crippen LogP contribution >= 0.6 is 0 Å². The van der Waals surface area contributed by atoms with Crippen LogP contribution in [0.15, 0.2) is 0 Å². The van der Waals surface area contributed by atoms with Gasteiger partial charge in [0.15, 0.2) is 0 Å². The van der Waals surface area contributed by atoms with Crippen molar-refractivity contribution in [1.82, 2.24) is 10.6 Å². The minimum Gasteiger partial charge on any atom is -0.320 e. The van der Waals surface area contributed by atoms with E-state index in [1.807, 2.05) is 7.05 Å². The first-order valence-electron chi connectivity index (χ1n) is 3.20. The van der Waals surface area contributed by atoms with Gasteiger partial charge in [-0.1, -0.05) is 0 Å². The maximum Gasteiger partial charge on any atom is 0.133 e. The summed E-state index contributed by atoms with van der Waals surface area (Å²) in [5.74, 6) is 0. The molecule has 0 spiro atoms. The summed E-state index contributed by atoms with van der Waals surface area (Å²) in [6, 6.07) is 0. The van der Waals surface area contributed by atoms with Crippen LogP contribution < -0.4 is 10.6 Å². The highest BCUT2D eigenvalue weighted by Crippen LogP contribution is 1.68. The van der Waals surface area contributed by atoms with E-state index in [-0.39, 0.29) is 0 Å². The van der Waals surface area contributed by atoms with Crippen LogP contribution in [-0.2, 0) is 4.79 Å². The number of carbonyl (C=O) groups excluding carboxylic acids is 1. The molecule has 0 amide bonds. The molecule has 0 aromatic carbocycles. The molecule has 0 rings (SSSR count). The lowest BCUT2D eigenvalue weighted by atomic mass is 10.4. The van der Waals surface area contributed by atoms with Crippen LogP contribution in [0.4, 0.5) is 0 Å². The highest BCUT2D eigenvalue weighted by atomic mass is 16.1. The lowest BCUT2D eigenvalue weighted by molar-refractivity contribution is -0.107. The third-order valence-corrected chi connectivity index (χ3v) is 1.01. The molecule has 0 unspecified atom stereocenters. The van der Waals surface area contributed by atoms with Gasteiger partial charge in [0.25, 0.3) is 0 Å². The fraction of sp³-hybridized carbons (Fsp3) is 0.833. The van der Waals surface area contributed by atoms with E-state index in [0.29, 0.717) is 6.54 Å². The summed E-state index contributed by atoms with van der Waals surface area (Å²) in [7, 11) is 1.92. The van der Waals surface area contributed by atoms with Gasteiger partial charge < -0.3 is 15.4 Å². The van der Waals surface area contributed by atoms with Crippen molar-refractivity contribution < 1.29 is 4.79 Å². The fourth-order valence-corrected chi connectivity index (χ4v) is 0.551. The molecule has 0 saturated heterocycles. The summed E-state index contributed by atoms with van der Waals surface area (Å²) in [4.78, 5) is 9.76. The molecule has 0 aliphatic rings. The Bertz CT molecular complexity index is 66.1. The molecule has 0 radical (unpaired) electrons. The minimum absolute atomic E-state index is 0.476. The van der Waals surface area contributed by atoms with Crippen LogP contribution in [0.2, 0.25) is 0 Å². The molecule has 9 heavy (non-hydrogen) atoms. The molecule has 54 valence electrons. The Balaban J connectivity index is 2.66. The zero-order valence-corrected chi connectivity index (χ0v) is 5.81. The normalized spacial score (nSPS) is 9.44. The summed E-state index contributed by atoms with van der Waals surface area (Å²) < 4.78 is 0. The minimum atomic E-state index is 0.476. The first-order chi connectivity index (χ1) is 4.41. The number of rotatable bonds is 6. The van der Waals surface area contributed by atoms with Gasteiger partial charge in [0.05, 0.1) is 6.54 Å². The molecule has 3 heteroatoms. The number of hydrogen-bond acceptors (Lipinski definition) is 3. The van der Waals surface area contributed by atoms with Crippen LogP contribution in [0.3, 0.4) is 0 Å². The summed E-state index contributed by atoms with van der Waals surface area (Å²) in [6.45, 7) is 2.40. The van der Waals surface area contributed by atoms with E-state index in [4.69, 9.17) is 0 Å². The summed E-state index contributed by atoms with van der Waals surface area (Å²) in [5.41, 5.74) is 0. The molecular weight excluding hydrogens is 116 g/mol. The Morgan fingerprint density at radius 1 is 1.44 bits per heavy atom. The monoisotopic (exact) mass is 130 g/mol. The van der Waals surface area contributed by atoms with Crippen molar-refractivity contribution in [1.29, 1.82) is 0 Å². The standard InChI is InChI=1S/C6H14N2O/c1-7-3-2-4-8-5-6-9/h6-8H,2-5H2,1H3. The maximum atomic E-state index is 9.76. The number of aldehydes is 1. The van der Waals surface area contributed by atoms with Gasteiger partial charge in [0, 0.05) is 0 Å². The lowest BCUT2D eigenvalue weighted by Crippen LogP contribution is -2.21. The van der Waals surface area contributed by atoms with Crippen LogP contribution in [-0.4, -0.2) is 33.0 Å². The van der Waals surface area contributed by atoms with E-state index in [1.54, 1.807) is 0 Å². The number of nitrogens with one attached hydrogen (secondary N) is 2. The second-order valence-corrected chi connectivity index (χ2v) is 1.83. The smallest absolute Gasteiger partial charge is 0.133 e. The van der Waals surface area contributed by atoms with Gasteiger partial charge in [-0.05, 0) is 26.6 Å². The number of carbonyl (C=O) groups is 1. The van der Waals surface area contributed by atoms with Crippen molar-refractivity contribution in [2.24, 2.45) is 0 Å². The van der Waals surface area contributed by atoms with E-state index < -0.39 is 0 Å². The SMILES string of the molecule is CNCCCNCC=O. The Labute approximate surface area is 55.8 Å². The van der Waals surface area contributed by atoms with Crippen molar-refractivity contribution >= 4 is 6.29 Å². The zero-order chi connectivity index (χ0) is 6.95. The fourth-order valence-electron chi connectivity index (χ4n) is 0.551. The van der Waals surface area contributed by atoms with Crippen LogP contribution in [0.5, 0.6) is 0 Å². The van der Waals surface area contributed by atoms with Crippen LogP contribution in [0, 0.1) is 0 Å². The summed E-state index contributed by atoms with van der Waals surface area (Å²) in [5, 5.41) is 5.98.